The number of hydrogen-bond acceptors (Lipinski definition) is 3. The van der Waals surface area contributed by atoms with Crippen molar-refractivity contribution in [2.24, 2.45) is 0 Å². The number of aryl methyl sites for hydroxylation is 1. The molecule has 3 nitrogen and oxygen atoms in total. The summed E-state index contributed by atoms with van der Waals surface area (Å²) in [5.41, 5.74) is 2.30. The molecular weight excluding hydrogens is 214 g/mol. The third-order valence-corrected chi connectivity index (χ3v) is 3.46. The maximum Gasteiger partial charge on any atom is 0.138 e. The Morgan fingerprint density at radius 3 is 3.06 bits per heavy atom. The van der Waals surface area contributed by atoms with Crippen LogP contribution in [0.1, 0.15) is 17.7 Å². The van der Waals surface area contributed by atoms with Gasteiger partial charge in [-0.05, 0) is 32.1 Å². The fourth-order valence-electron chi connectivity index (χ4n) is 2.54. The molecule has 1 aromatic heterocycles. The van der Waals surface area contributed by atoms with Crippen LogP contribution in [0.15, 0.2) is 22.6 Å². The van der Waals surface area contributed by atoms with Crippen LogP contribution in [0.25, 0.3) is 11.0 Å². The first-order chi connectivity index (χ1) is 8.28. The van der Waals surface area contributed by atoms with E-state index in [0.717, 1.165) is 36.6 Å². The van der Waals surface area contributed by atoms with E-state index in [1.165, 1.54) is 17.4 Å². The third kappa shape index (κ3) is 1.80. The van der Waals surface area contributed by atoms with E-state index in [0.29, 0.717) is 0 Å². The van der Waals surface area contributed by atoms with Crippen molar-refractivity contribution in [3.05, 3.63) is 29.5 Å². The van der Waals surface area contributed by atoms with Gasteiger partial charge in [0.05, 0.1) is 7.11 Å². The molecule has 0 saturated carbocycles. The van der Waals surface area contributed by atoms with Crippen molar-refractivity contribution in [3.8, 4) is 5.75 Å². The molecule has 0 radical (unpaired) electrons. The van der Waals surface area contributed by atoms with E-state index in [1.54, 1.807) is 7.11 Å². The molecule has 0 saturated heterocycles. The molecule has 0 amide bonds. The van der Waals surface area contributed by atoms with Gasteiger partial charge in [0.25, 0.3) is 0 Å². The third-order valence-electron chi connectivity index (χ3n) is 3.46. The Bertz CT molecular complexity index is 544. The van der Waals surface area contributed by atoms with Gasteiger partial charge in [0, 0.05) is 30.0 Å². The molecule has 1 aromatic carbocycles. The molecule has 2 heterocycles. The van der Waals surface area contributed by atoms with Gasteiger partial charge in [-0.1, -0.05) is 0 Å². The number of fused-ring (bicyclic) bond motifs is 3. The summed E-state index contributed by atoms with van der Waals surface area (Å²) >= 11 is 0. The lowest BCUT2D eigenvalue weighted by Gasteiger charge is -2.12. The van der Waals surface area contributed by atoms with E-state index in [1.807, 2.05) is 12.1 Å². The van der Waals surface area contributed by atoms with E-state index >= 15 is 0 Å². The number of rotatable bonds is 1. The molecule has 0 spiro atoms. The molecular formula is C14H17NO2. The number of benzene rings is 1. The fourth-order valence-corrected chi connectivity index (χ4v) is 2.54. The fraction of sp³-hybridized carbons (Fsp3) is 0.429. The quantitative estimate of drug-likeness (QED) is 0.754. The van der Waals surface area contributed by atoms with Gasteiger partial charge in [-0.2, -0.15) is 0 Å². The van der Waals surface area contributed by atoms with E-state index in [2.05, 4.69) is 18.0 Å². The maximum atomic E-state index is 5.95. The predicted octanol–water partition coefficient (Wildman–Crippen LogP) is 2.82. The Morgan fingerprint density at radius 2 is 2.24 bits per heavy atom. The average Bonchev–Trinajstić information content (AvgIpc) is 2.56. The van der Waals surface area contributed by atoms with Crippen LogP contribution in [0, 0.1) is 0 Å². The summed E-state index contributed by atoms with van der Waals surface area (Å²) in [4.78, 5) is 2.35. The Hall–Kier alpha value is -1.48. The van der Waals surface area contributed by atoms with Gasteiger partial charge >= 0.3 is 0 Å². The SMILES string of the molecule is COc1ccc2c3c(oc2c1)CCCN(C)C3. The summed E-state index contributed by atoms with van der Waals surface area (Å²) in [6.07, 6.45) is 2.21. The smallest absolute Gasteiger partial charge is 0.138 e. The van der Waals surface area contributed by atoms with E-state index in [-0.39, 0.29) is 0 Å². The minimum absolute atomic E-state index is 0.856. The van der Waals surface area contributed by atoms with Gasteiger partial charge in [0.15, 0.2) is 0 Å². The normalized spacial score (nSPS) is 16.8. The molecule has 3 rings (SSSR count). The lowest BCUT2D eigenvalue weighted by Crippen LogP contribution is -2.16. The summed E-state index contributed by atoms with van der Waals surface area (Å²) in [6, 6.07) is 6.09. The molecule has 0 fully saturated rings. The molecule has 0 bridgehead atoms. The summed E-state index contributed by atoms with van der Waals surface area (Å²) in [5, 5.41) is 1.23. The molecule has 3 heteroatoms. The lowest BCUT2D eigenvalue weighted by atomic mass is 10.1. The number of hydrogen-bond donors (Lipinski definition) is 0. The van der Waals surface area contributed by atoms with E-state index < -0.39 is 0 Å². The van der Waals surface area contributed by atoms with Gasteiger partial charge < -0.3 is 14.1 Å². The summed E-state index contributed by atoms with van der Waals surface area (Å²) < 4.78 is 11.2. The predicted molar refractivity (Wildman–Crippen MR) is 67.4 cm³/mol. The van der Waals surface area contributed by atoms with Crippen LogP contribution in [-0.4, -0.2) is 25.6 Å². The molecule has 2 aromatic rings. The van der Waals surface area contributed by atoms with Gasteiger partial charge in [0.1, 0.15) is 17.1 Å². The Kier molecular flexibility index (Phi) is 2.56. The van der Waals surface area contributed by atoms with E-state index in [9.17, 15) is 0 Å². The highest BCUT2D eigenvalue weighted by molar-refractivity contribution is 5.83. The molecule has 17 heavy (non-hydrogen) atoms. The molecule has 1 aliphatic heterocycles. The van der Waals surface area contributed by atoms with Crippen molar-refractivity contribution in [2.75, 3.05) is 20.7 Å². The molecule has 90 valence electrons. The van der Waals surface area contributed by atoms with Crippen LogP contribution in [0.5, 0.6) is 5.75 Å². The number of methoxy groups -OCH3 is 1. The van der Waals surface area contributed by atoms with Gasteiger partial charge in [-0.3, -0.25) is 0 Å². The van der Waals surface area contributed by atoms with Crippen LogP contribution in [0.2, 0.25) is 0 Å². The summed E-state index contributed by atoms with van der Waals surface area (Å²) in [7, 11) is 3.85. The molecule has 0 unspecified atom stereocenters. The molecule has 0 atom stereocenters. The maximum absolute atomic E-state index is 5.95. The van der Waals surface area contributed by atoms with Crippen molar-refractivity contribution in [2.45, 2.75) is 19.4 Å². The minimum atomic E-state index is 0.856. The van der Waals surface area contributed by atoms with Crippen LogP contribution < -0.4 is 4.74 Å². The zero-order valence-corrected chi connectivity index (χ0v) is 10.3. The largest absolute Gasteiger partial charge is 0.497 e. The molecule has 0 N–H and O–H groups in total. The van der Waals surface area contributed by atoms with Crippen molar-refractivity contribution in [1.82, 2.24) is 4.90 Å². The average molecular weight is 231 g/mol. The van der Waals surface area contributed by atoms with Gasteiger partial charge in [-0.25, -0.2) is 0 Å². The van der Waals surface area contributed by atoms with Crippen LogP contribution in [0.3, 0.4) is 0 Å². The Morgan fingerprint density at radius 1 is 1.35 bits per heavy atom. The van der Waals surface area contributed by atoms with Crippen LogP contribution in [-0.2, 0) is 13.0 Å². The Balaban J connectivity index is 2.14. The number of furan rings is 1. The second-order valence-corrected chi connectivity index (χ2v) is 4.71. The zero-order valence-electron chi connectivity index (χ0n) is 10.3. The van der Waals surface area contributed by atoms with Crippen molar-refractivity contribution < 1.29 is 9.15 Å². The molecule has 1 aliphatic rings. The first-order valence-electron chi connectivity index (χ1n) is 6.05. The highest BCUT2D eigenvalue weighted by atomic mass is 16.5. The first kappa shape index (κ1) is 10.7. The van der Waals surface area contributed by atoms with E-state index in [4.69, 9.17) is 9.15 Å². The number of nitrogens with zero attached hydrogens (tertiary/aromatic N) is 1. The highest BCUT2D eigenvalue weighted by Gasteiger charge is 2.18. The van der Waals surface area contributed by atoms with Crippen molar-refractivity contribution >= 4 is 11.0 Å². The highest BCUT2D eigenvalue weighted by Crippen LogP contribution is 2.32. The number of ether oxygens (including phenoxy) is 1. The van der Waals surface area contributed by atoms with Crippen molar-refractivity contribution in [1.29, 1.82) is 0 Å². The summed E-state index contributed by atoms with van der Waals surface area (Å²) in [5.74, 6) is 2.01. The first-order valence-corrected chi connectivity index (χ1v) is 6.05. The van der Waals surface area contributed by atoms with Gasteiger partial charge in [-0.15, -0.1) is 0 Å². The van der Waals surface area contributed by atoms with Crippen LogP contribution >= 0.6 is 0 Å². The zero-order chi connectivity index (χ0) is 11.8. The second kappa shape index (κ2) is 4.08. The minimum Gasteiger partial charge on any atom is -0.497 e. The summed E-state index contributed by atoms with van der Waals surface area (Å²) in [6.45, 7) is 2.12. The second-order valence-electron chi connectivity index (χ2n) is 4.71. The van der Waals surface area contributed by atoms with Gasteiger partial charge in [0.2, 0.25) is 0 Å². The lowest BCUT2D eigenvalue weighted by molar-refractivity contribution is 0.333. The monoisotopic (exact) mass is 231 g/mol. The molecule has 0 aliphatic carbocycles. The Labute approximate surface area is 101 Å². The van der Waals surface area contributed by atoms with Crippen LogP contribution in [0.4, 0.5) is 0 Å². The topological polar surface area (TPSA) is 25.6 Å². The standard InChI is InChI=1S/C14H17NO2/c1-15-7-3-4-13-12(9-15)11-6-5-10(16-2)8-14(11)17-13/h5-6,8H,3-4,7,9H2,1-2H3. The van der Waals surface area contributed by atoms with Crippen molar-refractivity contribution in [3.63, 3.8) is 0 Å².